The Morgan fingerprint density at radius 1 is 1.12 bits per heavy atom. The third-order valence-corrected chi connectivity index (χ3v) is 5.67. The van der Waals surface area contributed by atoms with E-state index in [1.807, 2.05) is 6.07 Å². The molecule has 0 bridgehead atoms. The van der Waals surface area contributed by atoms with Crippen LogP contribution in [0, 0.1) is 5.82 Å². The first-order valence-corrected chi connectivity index (χ1v) is 10.7. The number of hydrogen-bond donors (Lipinski definition) is 0. The van der Waals surface area contributed by atoms with E-state index in [2.05, 4.69) is 0 Å². The van der Waals surface area contributed by atoms with Crippen LogP contribution in [0.5, 0.6) is 17.2 Å². The van der Waals surface area contributed by atoms with Gasteiger partial charge in [0.2, 0.25) is 0 Å². The molecule has 0 saturated heterocycles. The van der Waals surface area contributed by atoms with Crippen molar-refractivity contribution in [2.75, 3.05) is 13.2 Å². The number of halogens is 3. The summed E-state index contributed by atoms with van der Waals surface area (Å²) >= 11 is 12.5. The van der Waals surface area contributed by atoms with Gasteiger partial charge in [0.05, 0.1) is 11.6 Å². The van der Waals surface area contributed by atoms with Gasteiger partial charge < -0.3 is 9.47 Å². The fourth-order valence-electron chi connectivity index (χ4n) is 3.38. The Bertz CT molecular complexity index is 1100. The van der Waals surface area contributed by atoms with E-state index in [0.717, 1.165) is 28.6 Å². The number of ether oxygens (including phenoxy) is 2. The number of benzene rings is 3. The van der Waals surface area contributed by atoms with Gasteiger partial charge in [-0.25, -0.2) is 4.39 Å². The van der Waals surface area contributed by atoms with Gasteiger partial charge in [-0.05, 0) is 66.8 Å². The summed E-state index contributed by atoms with van der Waals surface area (Å²) in [4.78, 5) is 12.6. The summed E-state index contributed by atoms with van der Waals surface area (Å²) in [6.45, 7) is 0.862. The van der Waals surface area contributed by atoms with E-state index in [9.17, 15) is 9.18 Å². The number of hydrogen-bond acceptors (Lipinski definition) is 3. The minimum atomic E-state index is -0.371. The van der Waals surface area contributed by atoms with Crippen LogP contribution in [-0.2, 0) is 12.8 Å². The van der Waals surface area contributed by atoms with E-state index in [1.54, 1.807) is 48.5 Å². The standard InChI is InChI=1S/C24H20Cl2FNO3.Na.H/c25-20-14-18-5-3-13-30-22(18)15-23(20)31-19-9-7-17(8-10-19)24(29)28(26)12-11-16-4-1-2-6-21(16)27;;/h1-2,4,6-10,14-15H,3,5,11-13H2;;. The minimum absolute atomic E-state index is 0. The summed E-state index contributed by atoms with van der Waals surface area (Å²) < 4.78 is 26.3. The average molecular weight is 484 g/mol. The van der Waals surface area contributed by atoms with Gasteiger partial charge >= 0.3 is 29.6 Å². The summed E-state index contributed by atoms with van der Waals surface area (Å²) in [6, 6.07) is 16.7. The van der Waals surface area contributed by atoms with Gasteiger partial charge in [-0.2, -0.15) is 0 Å². The molecule has 1 heterocycles. The van der Waals surface area contributed by atoms with Crippen molar-refractivity contribution in [3.8, 4) is 17.2 Å². The molecule has 32 heavy (non-hydrogen) atoms. The quantitative estimate of drug-likeness (QED) is 0.329. The van der Waals surface area contributed by atoms with Crippen molar-refractivity contribution in [1.82, 2.24) is 4.42 Å². The molecule has 3 aromatic carbocycles. The summed E-state index contributed by atoms with van der Waals surface area (Å²) in [5.74, 6) is 1.12. The molecule has 0 atom stereocenters. The van der Waals surface area contributed by atoms with Gasteiger partial charge in [-0.3, -0.25) is 9.21 Å². The Labute approximate surface area is 218 Å². The summed E-state index contributed by atoms with van der Waals surface area (Å²) in [7, 11) is 0. The monoisotopic (exact) mass is 483 g/mol. The average Bonchev–Trinajstić information content (AvgIpc) is 2.79. The molecule has 1 aliphatic heterocycles. The summed E-state index contributed by atoms with van der Waals surface area (Å²) in [5.41, 5.74) is 1.98. The van der Waals surface area contributed by atoms with Crippen LogP contribution < -0.4 is 9.47 Å². The number of carbonyl (C=O) groups is 1. The van der Waals surface area contributed by atoms with Crippen LogP contribution in [0.3, 0.4) is 0 Å². The van der Waals surface area contributed by atoms with E-state index in [-0.39, 0.29) is 47.8 Å². The Morgan fingerprint density at radius 3 is 2.62 bits per heavy atom. The molecule has 8 heteroatoms. The van der Waals surface area contributed by atoms with E-state index in [4.69, 9.17) is 32.9 Å². The Kier molecular flexibility index (Phi) is 8.86. The van der Waals surface area contributed by atoms with Crippen molar-refractivity contribution < 1.29 is 18.7 Å². The number of rotatable bonds is 6. The van der Waals surface area contributed by atoms with Crippen molar-refractivity contribution >= 4 is 58.8 Å². The number of carbonyl (C=O) groups excluding carboxylic acids is 1. The van der Waals surface area contributed by atoms with Crippen LogP contribution >= 0.6 is 23.4 Å². The van der Waals surface area contributed by atoms with Crippen molar-refractivity contribution in [2.24, 2.45) is 0 Å². The molecule has 0 saturated carbocycles. The number of nitrogens with zero attached hydrogens (tertiary/aromatic N) is 1. The molecule has 0 aliphatic carbocycles. The molecule has 0 spiro atoms. The van der Waals surface area contributed by atoms with Gasteiger partial charge in [-0.1, -0.05) is 29.8 Å². The molecule has 4 rings (SSSR count). The maximum absolute atomic E-state index is 13.7. The fourth-order valence-corrected chi connectivity index (χ4v) is 3.79. The van der Waals surface area contributed by atoms with Crippen molar-refractivity contribution in [3.05, 3.63) is 88.2 Å². The molecule has 0 N–H and O–H groups in total. The third-order valence-electron chi connectivity index (χ3n) is 5.05. The van der Waals surface area contributed by atoms with Crippen molar-refractivity contribution in [2.45, 2.75) is 19.3 Å². The predicted molar refractivity (Wildman–Crippen MR) is 126 cm³/mol. The third kappa shape index (κ3) is 5.97. The molecule has 0 radical (unpaired) electrons. The topological polar surface area (TPSA) is 38.8 Å². The predicted octanol–water partition coefficient (Wildman–Crippen LogP) is 5.79. The molecule has 1 amide bonds. The van der Waals surface area contributed by atoms with Crippen LogP contribution in [0.15, 0.2) is 60.7 Å². The second-order valence-corrected chi connectivity index (χ2v) is 8.02. The molecule has 3 aromatic rings. The van der Waals surface area contributed by atoms with Gasteiger partial charge in [0, 0.05) is 30.0 Å². The fraction of sp³-hybridized carbons (Fsp3) is 0.208. The summed E-state index contributed by atoms with van der Waals surface area (Å²) in [6.07, 6.45) is 2.22. The Balaban J connectivity index is 0.00000289. The molecule has 0 aromatic heterocycles. The summed E-state index contributed by atoms with van der Waals surface area (Å²) in [5, 5.41) is 0.504. The first-order chi connectivity index (χ1) is 15.0. The normalized spacial score (nSPS) is 12.2. The van der Waals surface area contributed by atoms with Crippen molar-refractivity contribution in [3.63, 3.8) is 0 Å². The van der Waals surface area contributed by atoms with Crippen LogP contribution in [-0.4, -0.2) is 53.0 Å². The van der Waals surface area contributed by atoms with Crippen molar-refractivity contribution in [1.29, 1.82) is 0 Å². The Morgan fingerprint density at radius 2 is 1.88 bits per heavy atom. The molecule has 4 nitrogen and oxygen atoms in total. The second kappa shape index (κ2) is 11.4. The van der Waals surface area contributed by atoms with Crippen LogP contribution in [0.4, 0.5) is 4.39 Å². The van der Waals surface area contributed by atoms with Gasteiger partial charge in [0.25, 0.3) is 5.91 Å². The SMILES string of the molecule is O=C(c1ccc(Oc2cc3c(cc2Cl)CCCO3)cc1)N(Cl)CCc1ccccc1F.[NaH]. The zero-order valence-electron chi connectivity index (χ0n) is 16.6. The van der Waals surface area contributed by atoms with E-state index in [0.29, 0.717) is 40.7 Å². The zero-order chi connectivity index (χ0) is 21.8. The second-order valence-electron chi connectivity index (χ2n) is 7.20. The van der Waals surface area contributed by atoms with Crippen LogP contribution in [0.1, 0.15) is 27.9 Å². The molecular weight excluding hydrogens is 463 g/mol. The van der Waals surface area contributed by atoms with Gasteiger partial charge in [-0.15, -0.1) is 0 Å². The maximum atomic E-state index is 13.7. The van der Waals surface area contributed by atoms with E-state index in [1.165, 1.54) is 6.07 Å². The molecule has 0 fully saturated rings. The van der Waals surface area contributed by atoms with E-state index >= 15 is 0 Å². The number of fused-ring (bicyclic) bond motifs is 1. The van der Waals surface area contributed by atoms with Gasteiger partial charge in [0.15, 0.2) is 0 Å². The first kappa shape index (κ1) is 24.9. The number of aryl methyl sites for hydroxylation is 1. The molecular formula is C24H21Cl2FNNaO3. The Hall–Kier alpha value is -1.76. The first-order valence-electron chi connectivity index (χ1n) is 9.95. The van der Waals surface area contributed by atoms with Crippen LogP contribution in [0.25, 0.3) is 0 Å². The van der Waals surface area contributed by atoms with Gasteiger partial charge in [0.1, 0.15) is 23.1 Å². The van der Waals surface area contributed by atoms with E-state index < -0.39 is 0 Å². The molecule has 0 unspecified atom stereocenters. The molecule has 162 valence electrons. The zero-order valence-corrected chi connectivity index (χ0v) is 18.1. The molecule has 1 aliphatic rings. The van der Waals surface area contributed by atoms with Crippen LogP contribution in [0.2, 0.25) is 5.02 Å². The number of amides is 1.